The minimum absolute atomic E-state index is 0.130. The van der Waals surface area contributed by atoms with E-state index in [1.54, 1.807) is 0 Å². The summed E-state index contributed by atoms with van der Waals surface area (Å²) in [5.74, 6) is -1.03. The summed E-state index contributed by atoms with van der Waals surface area (Å²) >= 11 is 0. The Morgan fingerprint density at radius 3 is 1.85 bits per heavy atom. The smallest absolute Gasteiger partial charge is 0.462 e. The van der Waals surface area contributed by atoms with Crippen LogP contribution in [0.5, 0.6) is 0 Å². The van der Waals surface area contributed by atoms with Crippen LogP contribution in [0.1, 0.15) is 148 Å². The number of nitrogens with zero attached hydrogens (tertiary/aromatic N) is 1. The standard InChI is InChI=1S/C36H63N2O13P/c1-3-5-7-9-11-13-15-17-19-21-31(40)47-25-28(50-32(41)22-20-18-16-14-12-10-8-6-4-2)26-48-52(45,46)49-27-29-33(42)34(43)35(51-29)38-24-23-30(39)37-36(38)44/h23-24,28-29,33-35,42-43H,3-22,25-27H2,1-2H3,(H,45,46)(H,37,39,44)/t28-,29+,33-,34?,35+/m0/s1. The zero-order valence-electron chi connectivity index (χ0n) is 31.1. The SMILES string of the molecule is CCCCCCCCCCCC(=O)OC[C@@H](COP(=O)(O)OC[C@H]1O[C@@H](n2ccc(=O)[nH]c2=O)C(O)[C@H]1O)OC(=O)CCCCCCCCCCC. The molecule has 1 fully saturated rings. The molecule has 4 N–H and O–H groups in total. The molecule has 1 aliphatic rings. The number of hydrogen-bond donors (Lipinski definition) is 4. The molecule has 0 saturated carbocycles. The molecule has 2 rings (SSSR count). The molecule has 52 heavy (non-hydrogen) atoms. The summed E-state index contributed by atoms with van der Waals surface area (Å²) in [4.78, 5) is 60.9. The van der Waals surface area contributed by atoms with Crippen molar-refractivity contribution < 1.29 is 52.5 Å². The van der Waals surface area contributed by atoms with Crippen molar-refractivity contribution in [2.45, 2.75) is 173 Å². The van der Waals surface area contributed by atoms with Crippen LogP contribution < -0.4 is 11.2 Å². The number of ether oxygens (including phenoxy) is 3. The van der Waals surface area contributed by atoms with Crippen LogP contribution in [0.25, 0.3) is 0 Å². The lowest BCUT2D eigenvalue weighted by atomic mass is 10.1. The Kier molecular flexibility index (Phi) is 23.2. The molecule has 15 nitrogen and oxygen atoms in total. The van der Waals surface area contributed by atoms with E-state index >= 15 is 0 Å². The van der Waals surface area contributed by atoms with E-state index in [0.29, 0.717) is 12.8 Å². The van der Waals surface area contributed by atoms with Crippen molar-refractivity contribution in [2.24, 2.45) is 0 Å². The van der Waals surface area contributed by atoms with Crippen LogP contribution in [0, 0.1) is 0 Å². The first-order chi connectivity index (χ1) is 25.0. The Morgan fingerprint density at radius 1 is 0.788 bits per heavy atom. The van der Waals surface area contributed by atoms with Crippen molar-refractivity contribution in [3.63, 3.8) is 0 Å². The maximum Gasteiger partial charge on any atom is 0.472 e. The quantitative estimate of drug-likeness (QED) is 0.0428. The normalized spacial score (nSPS) is 20.4. The lowest BCUT2D eigenvalue weighted by molar-refractivity contribution is -0.161. The number of hydrogen-bond acceptors (Lipinski definition) is 12. The number of phosphoric acid groups is 1. The van der Waals surface area contributed by atoms with Gasteiger partial charge in [0.05, 0.1) is 13.2 Å². The largest absolute Gasteiger partial charge is 0.472 e. The second-order valence-electron chi connectivity index (χ2n) is 13.6. The number of carbonyl (C=O) groups excluding carboxylic acids is 2. The topological polar surface area (TPSA) is 213 Å². The third kappa shape index (κ3) is 19.1. The molecule has 16 heteroatoms. The van der Waals surface area contributed by atoms with Crippen molar-refractivity contribution in [3.05, 3.63) is 33.1 Å². The van der Waals surface area contributed by atoms with Gasteiger partial charge in [-0.3, -0.25) is 33.0 Å². The molecular formula is C36H63N2O13P. The predicted octanol–water partition coefficient (Wildman–Crippen LogP) is 5.59. The van der Waals surface area contributed by atoms with Gasteiger partial charge >= 0.3 is 25.5 Å². The highest BCUT2D eigenvalue weighted by molar-refractivity contribution is 7.47. The van der Waals surface area contributed by atoms with Crippen molar-refractivity contribution in [3.8, 4) is 0 Å². The predicted molar refractivity (Wildman–Crippen MR) is 194 cm³/mol. The van der Waals surface area contributed by atoms with Gasteiger partial charge in [0.1, 0.15) is 24.9 Å². The van der Waals surface area contributed by atoms with Crippen molar-refractivity contribution in [1.82, 2.24) is 9.55 Å². The zero-order valence-corrected chi connectivity index (χ0v) is 32.0. The number of H-pyrrole nitrogens is 1. The van der Waals surface area contributed by atoms with Crippen LogP contribution in [0.2, 0.25) is 0 Å². The average Bonchev–Trinajstić information content (AvgIpc) is 3.39. The van der Waals surface area contributed by atoms with Crippen LogP contribution in [-0.4, -0.2) is 80.8 Å². The molecule has 0 aromatic carbocycles. The van der Waals surface area contributed by atoms with Gasteiger partial charge in [0, 0.05) is 25.1 Å². The van der Waals surface area contributed by atoms with Crippen LogP contribution in [0.15, 0.2) is 21.9 Å². The molecule has 0 bridgehead atoms. The third-order valence-electron chi connectivity index (χ3n) is 8.99. The molecule has 0 amide bonds. The zero-order chi connectivity index (χ0) is 38.2. The lowest BCUT2D eigenvalue weighted by Crippen LogP contribution is -2.37. The van der Waals surface area contributed by atoms with E-state index in [4.69, 9.17) is 23.3 Å². The van der Waals surface area contributed by atoms with Crippen molar-refractivity contribution >= 4 is 19.8 Å². The number of phosphoric ester groups is 1. The second-order valence-corrected chi connectivity index (χ2v) is 15.0. The molecule has 1 aliphatic heterocycles. The summed E-state index contributed by atoms with van der Waals surface area (Å²) in [5.41, 5.74) is -1.57. The van der Waals surface area contributed by atoms with Crippen LogP contribution in [0.3, 0.4) is 0 Å². The summed E-state index contributed by atoms with van der Waals surface area (Å²) in [7, 11) is -4.85. The molecule has 0 aliphatic carbocycles. The summed E-state index contributed by atoms with van der Waals surface area (Å²) in [5, 5.41) is 20.8. The van der Waals surface area contributed by atoms with Gasteiger partial charge in [0.15, 0.2) is 12.3 Å². The number of carbonyl (C=O) groups is 2. The van der Waals surface area contributed by atoms with E-state index in [1.165, 1.54) is 64.2 Å². The van der Waals surface area contributed by atoms with Crippen molar-refractivity contribution in [1.29, 1.82) is 0 Å². The minimum Gasteiger partial charge on any atom is -0.462 e. The molecule has 6 atom stereocenters. The number of aliphatic hydroxyl groups is 2. The molecule has 300 valence electrons. The van der Waals surface area contributed by atoms with Crippen LogP contribution in [0.4, 0.5) is 0 Å². The van der Waals surface area contributed by atoms with Crippen molar-refractivity contribution in [2.75, 3.05) is 19.8 Å². The highest BCUT2D eigenvalue weighted by atomic mass is 31.2. The Bertz CT molecular complexity index is 1310. The van der Waals surface area contributed by atoms with Gasteiger partial charge in [-0.1, -0.05) is 117 Å². The Labute approximate surface area is 307 Å². The van der Waals surface area contributed by atoms with Gasteiger partial charge in [0.25, 0.3) is 5.56 Å². The number of nitrogens with one attached hydrogen (secondary N) is 1. The van der Waals surface area contributed by atoms with Gasteiger partial charge in [-0.05, 0) is 12.8 Å². The maximum absolute atomic E-state index is 12.8. The summed E-state index contributed by atoms with van der Waals surface area (Å²) in [6, 6.07) is 1.03. The number of rotatable bonds is 30. The summed E-state index contributed by atoms with van der Waals surface area (Å²) < 4.78 is 40.0. The number of aromatic amines is 1. The highest BCUT2D eigenvalue weighted by Gasteiger charge is 2.45. The van der Waals surface area contributed by atoms with Gasteiger partial charge in [0.2, 0.25) is 0 Å². The van der Waals surface area contributed by atoms with Gasteiger partial charge in [-0.15, -0.1) is 0 Å². The molecule has 2 heterocycles. The number of esters is 2. The molecule has 0 spiro atoms. The maximum atomic E-state index is 12.8. The van der Waals surface area contributed by atoms with Crippen LogP contribution in [-0.2, 0) is 37.4 Å². The number of aliphatic hydroxyl groups excluding tert-OH is 2. The van der Waals surface area contributed by atoms with E-state index in [9.17, 15) is 38.8 Å². The fourth-order valence-electron chi connectivity index (χ4n) is 5.89. The third-order valence-corrected chi connectivity index (χ3v) is 9.94. The van der Waals surface area contributed by atoms with E-state index < -0.39 is 74.9 Å². The monoisotopic (exact) mass is 762 g/mol. The Morgan fingerprint density at radius 2 is 1.31 bits per heavy atom. The minimum atomic E-state index is -4.85. The first-order valence-electron chi connectivity index (χ1n) is 19.3. The highest BCUT2D eigenvalue weighted by Crippen LogP contribution is 2.44. The Hall–Kier alpha value is -2.39. The summed E-state index contributed by atoms with van der Waals surface area (Å²) in [6.07, 6.45) is 13.7. The molecular weight excluding hydrogens is 699 g/mol. The summed E-state index contributed by atoms with van der Waals surface area (Å²) in [6.45, 7) is 2.63. The Balaban J connectivity index is 1.84. The number of aromatic nitrogens is 2. The average molecular weight is 763 g/mol. The molecule has 1 aromatic rings. The van der Waals surface area contributed by atoms with Gasteiger partial charge in [-0.25, -0.2) is 9.36 Å². The van der Waals surface area contributed by atoms with E-state index in [1.807, 2.05) is 4.98 Å². The van der Waals surface area contributed by atoms with Gasteiger partial charge in [-0.2, -0.15) is 0 Å². The second kappa shape index (κ2) is 26.4. The molecule has 1 aromatic heterocycles. The molecule has 0 radical (unpaired) electrons. The van der Waals surface area contributed by atoms with E-state index in [2.05, 4.69) is 13.8 Å². The van der Waals surface area contributed by atoms with E-state index in [-0.39, 0.29) is 19.4 Å². The lowest BCUT2D eigenvalue weighted by Gasteiger charge is -2.21. The van der Waals surface area contributed by atoms with Crippen LogP contribution >= 0.6 is 7.82 Å². The number of unbranched alkanes of at least 4 members (excludes halogenated alkanes) is 16. The first-order valence-corrected chi connectivity index (χ1v) is 20.8. The molecule has 2 unspecified atom stereocenters. The molecule has 1 saturated heterocycles. The fourth-order valence-corrected chi connectivity index (χ4v) is 6.65. The van der Waals surface area contributed by atoms with E-state index in [0.717, 1.165) is 55.4 Å². The fraction of sp³-hybridized carbons (Fsp3) is 0.833. The van der Waals surface area contributed by atoms with Gasteiger partial charge < -0.3 is 29.3 Å². The first kappa shape index (κ1) is 45.8.